The fourth-order valence-electron chi connectivity index (χ4n) is 1.89. The monoisotopic (exact) mass is 287 g/mol. The van der Waals surface area contributed by atoms with E-state index in [1.54, 1.807) is 42.5 Å². The van der Waals surface area contributed by atoms with Gasteiger partial charge in [-0.15, -0.1) is 0 Å². The first kappa shape index (κ1) is 12.7. The molecule has 0 aliphatic heterocycles. The van der Waals surface area contributed by atoms with Gasteiger partial charge in [0.25, 0.3) is 0 Å². The van der Waals surface area contributed by atoms with E-state index in [4.69, 9.17) is 20.8 Å². The number of rotatable bonds is 2. The molecule has 1 aromatic heterocycles. The van der Waals surface area contributed by atoms with Crippen LogP contribution in [-0.4, -0.2) is 12.1 Å². The van der Waals surface area contributed by atoms with Crippen LogP contribution in [0.1, 0.15) is 0 Å². The number of methoxy groups -OCH3 is 1. The van der Waals surface area contributed by atoms with Crippen LogP contribution in [0.3, 0.4) is 0 Å². The molecule has 0 aliphatic carbocycles. The van der Waals surface area contributed by atoms with Gasteiger partial charge in [0.05, 0.1) is 18.0 Å². The van der Waals surface area contributed by atoms with Crippen molar-refractivity contribution in [3.63, 3.8) is 0 Å². The molecule has 2 aromatic carbocycles. The Balaban J connectivity index is 2.19. The van der Waals surface area contributed by atoms with E-state index >= 15 is 0 Å². The normalized spacial score (nSPS) is 10.7. The lowest BCUT2D eigenvalue weighted by molar-refractivity contribution is 0.415. The van der Waals surface area contributed by atoms with Crippen molar-refractivity contribution in [3.8, 4) is 17.2 Å². The van der Waals surface area contributed by atoms with Crippen molar-refractivity contribution in [1.29, 1.82) is 0 Å². The second-order valence-corrected chi connectivity index (χ2v) is 4.63. The van der Waals surface area contributed by atoms with E-state index in [1.165, 1.54) is 7.11 Å². The molecule has 4 nitrogen and oxygen atoms in total. The van der Waals surface area contributed by atoms with Gasteiger partial charge in [-0.1, -0.05) is 11.6 Å². The van der Waals surface area contributed by atoms with Gasteiger partial charge in [-0.25, -0.2) is 9.78 Å². The van der Waals surface area contributed by atoms with E-state index in [0.29, 0.717) is 27.2 Å². The lowest BCUT2D eigenvalue weighted by Crippen LogP contribution is -2.03. The molecule has 1 heterocycles. The fourth-order valence-corrected chi connectivity index (χ4v) is 2.02. The Morgan fingerprint density at radius 2 is 1.90 bits per heavy atom. The van der Waals surface area contributed by atoms with E-state index in [2.05, 4.69) is 4.98 Å². The van der Waals surface area contributed by atoms with Crippen LogP contribution in [0.15, 0.2) is 51.7 Å². The smallest absolute Gasteiger partial charge is 0.347 e. The number of fused-ring (bicyclic) bond motifs is 1. The van der Waals surface area contributed by atoms with Crippen molar-refractivity contribution in [3.05, 3.63) is 57.9 Å². The zero-order valence-electron chi connectivity index (χ0n) is 10.6. The molecule has 0 spiro atoms. The standard InChI is InChI=1S/C15H10ClNO3/c1-19-11-6-7-13-12(8-11)15(18)20-14(17-13)9-2-4-10(16)5-3-9/h2-8H,1H3. The zero-order chi connectivity index (χ0) is 14.1. The number of hydrogen-bond acceptors (Lipinski definition) is 4. The molecule has 0 radical (unpaired) electrons. The topological polar surface area (TPSA) is 52.3 Å². The molecule has 0 aliphatic rings. The average Bonchev–Trinajstić information content (AvgIpc) is 2.47. The minimum absolute atomic E-state index is 0.268. The number of benzene rings is 2. The van der Waals surface area contributed by atoms with Gasteiger partial charge in [-0.05, 0) is 42.5 Å². The van der Waals surface area contributed by atoms with Crippen LogP contribution in [0.4, 0.5) is 0 Å². The van der Waals surface area contributed by atoms with E-state index < -0.39 is 5.63 Å². The minimum Gasteiger partial charge on any atom is -0.497 e. The molecule has 0 N–H and O–H groups in total. The highest BCUT2D eigenvalue weighted by Gasteiger charge is 2.09. The molecule has 0 amide bonds. The summed E-state index contributed by atoms with van der Waals surface area (Å²) >= 11 is 5.83. The van der Waals surface area contributed by atoms with E-state index in [0.717, 1.165) is 0 Å². The first-order chi connectivity index (χ1) is 9.67. The minimum atomic E-state index is -0.446. The Morgan fingerprint density at radius 3 is 2.60 bits per heavy atom. The van der Waals surface area contributed by atoms with Gasteiger partial charge in [0.1, 0.15) is 5.75 Å². The lowest BCUT2D eigenvalue weighted by atomic mass is 10.2. The third kappa shape index (κ3) is 2.26. The Morgan fingerprint density at radius 1 is 1.15 bits per heavy atom. The molecule has 3 rings (SSSR count). The highest BCUT2D eigenvalue weighted by atomic mass is 35.5. The first-order valence-corrected chi connectivity index (χ1v) is 6.30. The average molecular weight is 288 g/mol. The second-order valence-electron chi connectivity index (χ2n) is 4.20. The van der Waals surface area contributed by atoms with Crippen LogP contribution >= 0.6 is 11.6 Å². The predicted molar refractivity (Wildman–Crippen MR) is 77.3 cm³/mol. The van der Waals surface area contributed by atoms with Crippen molar-refractivity contribution in [1.82, 2.24) is 4.98 Å². The highest BCUT2D eigenvalue weighted by Crippen LogP contribution is 2.22. The number of ether oxygens (including phenoxy) is 1. The van der Waals surface area contributed by atoms with Gasteiger partial charge in [-0.2, -0.15) is 0 Å². The summed E-state index contributed by atoms with van der Waals surface area (Å²) in [6.45, 7) is 0. The molecular formula is C15H10ClNO3. The van der Waals surface area contributed by atoms with Gasteiger partial charge in [-0.3, -0.25) is 0 Å². The summed E-state index contributed by atoms with van der Waals surface area (Å²) in [6.07, 6.45) is 0. The predicted octanol–water partition coefficient (Wildman–Crippen LogP) is 3.52. The molecule has 0 saturated heterocycles. The third-order valence-corrected chi connectivity index (χ3v) is 3.18. The number of hydrogen-bond donors (Lipinski definition) is 0. The van der Waals surface area contributed by atoms with Gasteiger partial charge in [0.2, 0.25) is 5.89 Å². The largest absolute Gasteiger partial charge is 0.497 e. The van der Waals surface area contributed by atoms with Crippen LogP contribution in [0.25, 0.3) is 22.4 Å². The molecule has 5 heteroatoms. The molecule has 20 heavy (non-hydrogen) atoms. The van der Waals surface area contributed by atoms with Crippen LogP contribution in [0.5, 0.6) is 5.75 Å². The van der Waals surface area contributed by atoms with Crippen molar-refractivity contribution in [2.45, 2.75) is 0 Å². The quantitative estimate of drug-likeness (QED) is 0.724. The molecule has 0 fully saturated rings. The number of nitrogens with zero attached hydrogens (tertiary/aromatic N) is 1. The Bertz CT molecular complexity index is 825. The van der Waals surface area contributed by atoms with Gasteiger partial charge in [0.15, 0.2) is 0 Å². The first-order valence-electron chi connectivity index (χ1n) is 5.92. The fraction of sp³-hybridized carbons (Fsp3) is 0.0667. The van der Waals surface area contributed by atoms with Crippen LogP contribution < -0.4 is 10.4 Å². The third-order valence-electron chi connectivity index (χ3n) is 2.93. The van der Waals surface area contributed by atoms with Crippen molar-refractivity contribution < 1.29 is 9.15 Å². The van der Waals surface area contributed by atoms with Crippen molar-refractivity contribution in [2.24, 2.45) is 0 Å². The maximum atomic E-state index is 12.0. The SMILES string of the molecule is COc1ccc2nc(-c3ccc(Cl)cc3)oc(=O)c2c1. The van der Waals surface area contributed by atoms with Crippen LogP contribution in [0, 0.1) is 0 Å². The van der Waals surface area contributed by atoms with Gasteiger partial charge in [0, 0.05) is 10.6 Å². The maximum Gasteiger partial charge on any atom is 0.347 e. The van der Waals surface area contributed by atoms with Crippen molar-refractivity contribution >= 4 is 22.5 Å². The second kappa shape index (κ2) is 4.98. The summed E-state index contributed by atoms with van der Waals surface area (Å²) in [7, 11) is 1.54. The van der Waals surface area contributed by atoms with E-state index in [1.807, 2.05) is 0 Å². The zero-order valence-corrected chi connectivity index (χ0v) is 11.3. The molecule has 0 saturated carbocycles. The number of halogens is 1. The Labute approximate surface area is 119 Å². The molecule has 3 aromatic rings. The van der Waals surface area contributed by atoms with Crippen LogP contribution in [-0.2, 0) is 0 Å². The van der Waals surface area contributed by atoms with E-state index in [9.17, 15) is 4.79 Å². The molecule has 0 unspecified atom stereocenters. The van der Waals surface area contributed by atoms with Gasteiger partial charge >= 0.3 is 5.63 Å². The summed E-state index contributed by atoms with van der Waals surface area (Å²) in [5.74, 6) is 0.857. The Hall–Kier alpha value is -2.33. The summed E-state index contributed by atoms with van der Waals surface area (Å²) in [5.41, 5.74) is 0.815. The molecule has 0 bridgehead atoms. The lowest BCUT2D eigenvalue weighted by Gasteiger charge is -2.03. The maximum absolute atomic E-state index is 12.0. The van der Waals surface area contributed by atoms with Crippen LogP contribution in [0.2, 0.25) is 5.02 Å². The summed E-state index contributed by atoms with van der Waals surface area (Å²) in [4.78, 5) is 16.4. The Kier molecular flexibility index (Phi) is 3.16. The summed E-state index contributed by atoms with van der Waals surface area (Å²) in [5, 5.41) is 1.00. The molecule has 100 valence electrons. The van der Waals surface area contributed by atoms with E-state index in [-0.39, 0.29) is 5.89 Å². The summed E-state index contributed by atoms with van der Waals surface area (Å²) in [6, 6.07) is 12.0. The number of aromatic nitrogens is 1. The summed E-state index contributed by atoms with van der Waals surface area (Å²) < 4.78 is 10.3. The molecular weight excluding hydrogens is 278 g/mol. The highest BCUT2D eigenvalue weighted by molar-refractivity contribution is 6.30. The molecule has 0 atom stereocenters. The van der Waals surface area contributed by atoms with Gasteiger partial charge < -0.3 is 9.15 Å². The van der Waals surface area contributed by atoms with Crippen molar-refractivity contribution in [2.75, 3.05) is 7.11 Å².